The lowest BCUT2D eigenvalue weighted by atomic mass is 9.83. The van der Waals surface area contributed by atoms with E-state index in [0.29, 0.717) is 11.1 Å². The van der Waals surface area contributed by atoms with Crippen molar-refractivity contribution in [2.24, 2.45) is 5.73 Å². The fourth-order valence-electron chi connectivity index (χ4n) is 1.87. The maximum absolute atomic E-state index is 10.8. The van der Waals surface area contributed by atoms with Gasteiger partial charge in [0.25, 0.3) is 0 Å². The summed E-state index contributed by atoms with van der Waals surface area (Å²) in [5, 5.41) is 10.8. The SMILES string of the molecule is CC(N)C(O)(c1cccnc1)c1cccnc1. The van der Waals surface area contributed by atoms with Gasteiger partial charge in [-0.2, -0.15) is 0 Å². The lowest BCUT2D eigenvalue weighted by Gasteiger charge is -2.32. The Morgan fingerprint density at radius 3 is 1.88 bits per heavy atom. The molecule has 0 saturated heterocycles. The smallest absolute Gasteiger partial charge is 0.132 e. The van der Waals surface area contributed by atoms with Gasteiger partial charge >= 0.3 is 0 Å². The summed E-state index contributed by atoms with van der Waals surface area (Å²) in [6.45, 7) is 1.76. The van der Waals surface area contributed by atoms with Crippen molar-refractivity contribution in [3.8, 4) is 0 Å². The van der Waals surface area contributed by atoms with Crippen LogP contribution in [-0.4, -0.2) is 21.1 Å². The molecule has 1 unspecified atom stereocenters. The predicted octanol–water partition coefficient (Wildman–Crippen LogP) is 1.06. The summed E-state index contributed by atoms with van der Waals surface area (Å²) in [7, 11) is 0. The first-order valence-corrected chi connectivity index (χ1v) is 5.44. The molecule has 0 spiro atoms. The molecule has 2 heterocycles. The van der Waals surface area contributed by atoms with Crippen LogP contribution in [0.2, 0.25) is 0 Å². The summed E-state index contributed by atoms with van der Waals surface area (Å²) in [6.07, 6.45) is 6.56. The quantitative estimate of drug-likeness (QED) is 0.825. The first kappa shape index (κ1) is 11.7. The molecular weight excluding hydrogens is 214 g/mol. The second-order valence-corrected chi connectivity index (χ2v) is 4.04. The standard InChI is InChI=1S/C13H15N3O/c1-10(14)13(17,11-4-2-6-15-8-11)12-5-3-7-16-9-12/h2-10,17H,14H2,1H3. The molecule has 0 aliphatic carbocycles. The zero-order chi connectivity index (χ0) is 12.3. The lowest BCUT2D eigenvalue weighted by molar-refractivity contribution is 0.0572. The van der Waals surface area contributed by atoms with E-state index >= 15 is 0 Å². The van der Waals surface area contributed by atoms with Crippen LogP contribution >= 0.6 is 0 Å². The van der Waals surface area contributed by atoms with Crippen LogP contribution in [0, 0.1) is 0 Å². The van der Waals surface area contributed by atoms with Crippen LogP contribution in [0.4, 0.5) is 0 Å². The van der Waals surface area contributed by atoms with E-state index in [9.17, 15) is 5.11 Å². The van der Waals surface area contributed by atoms with Gasteiger partial charge in [0.05, 0.1) is 0 Å². The monoisotopic (exact) mass is 229 g/mol. The molecule has 17 heavy (non-hydrogen) atoms. The Morgan fingerprint density at radius 2 is 1.59 bits per heavy atom. The molecule has 4 heteroatoms. The van der Waals surface area contributed by atoms with Gasteiger partial charge in [0.15, 0.2) is 0 Å². The average molecular weight is 229 g/mol. The highest BCUT2D eigenvalue weighted by atomic mass is 16.3. The van der Waals surface area contributed by atoms with E-state index in [4.69, 9.17) is 5.73 Å². The maximum Gasteiger partial charge on any atom is 0.132 e. The normalized spacial score (nSPS) is 13.4. The Kier molecular flexibility index (Phi) is 3.17. The maximum atomic E-state index is 10.8. The molecule has 0 bridgehead atoms. The summed E-state index contributed by atoms with van der Waals surface area (Å²) in [4.78, 5) is 8.05. The van der Waals surface area contributed by atoms with Crippen LogP contribution in [0.3, 0.4) is 0 Å². The Hall–Kier alpha value is -1.78. The van der Waals surface area contributed by atoms with Crippen molar-refractivity contribution in [3.63, 3.8) is 0 Å². The van der Waals surface area contributed by atoms with Gasteiger partial charge in [-0.25, -0.2) is 0 Å². The first-order chi connectivity index (χ1) is 8.15. The van der Waals surface area contributed by atoms with E-state index in [1.165, 1.54) is 0 Å². The number of pyridine rings is 2. The van der Waals surface area contributed by atoms with Gasteiger partial charge in [-0.3, -0.25) is 9.97 Å². The minimum Gasteiger partial charge on any atom is -0.379 e. The molecule has 0 saturated carbocycles. The molecule has 1 atom stereocenters. The van der Waals surface area contributed by atoms with Gasteiger partial charge in [0.1, 0.15) is 5.60 Å². The predicted molar refractivity (Wildman–Crippen MR) is 65.1 cm³/mol. The zero-order valence-corrected chi connectivity index (χ0v) is 9.62. The fourth-order valence-corrected chi connectivity index (χ4v) is 1.87. The van der Waals surface area contributed by atoms with E-state index in [0.717, 1.165) is 0 Å². The summed E-state index contributed by atoms with van der Waals surface area (Å²) in [6, 6.07) is 6.71. The summed E-state index contributed by atoms with van der Waals surface area (Å²) in [5.74, 6) is 0. The van der Waals surface area contributed by atoms with Crippen LogP contribution in [-0.2, 0) is 5.60 Å². The molecule has 0 radical (unpaired) electrons. The van der Waals surface area contributed by atoms with Gasteiger partial charge in [-0.15, -0.1) is 0 Å². The number of rotatable bonds is 3. The highest BCUT2D eigenvalue weighted by Crippen LogP contribution is 2.30. The van der Waals surface area contributed by atoms with Crippen molar-refractivity contribution in [3.05, 3.63) is 60.2 Å². The molecule has 0 fully saturated rings. The Labute approximate surface area is 100 Å². The topological polar surface area (TPSA) is 72.0 Å². The van der Waals surface area contributed by atoms with Crippen LogP contribution in [0.5, 0.6) is 0 Å². The molecule has 2 rings (SSSR count). The largest absolute Gasteiger partial charge is 0.379 e. The Balaban J connectivity index is 2.55. The third-order valence-corrected chi connectivity index (χ3v) is 2.86. The first-order valence-electron chi connectivity index (χ1n) is 5.44. The summed E-state index contributed by atoms with van der Waals surface area (Å²) < 4.78 is 0. The molecule has 88 valence electrons. The molecule has 3 N–H and O–H groups in total. The van der Waals surface area contributed by atoms with Crippen molar-refractivity contribution in [1.82, 2.24) is 9.97 Å². The Bertz CT molecular complexity index is 431. The number of aromatic nitrogens is 2. The molecule has 0 aromatic carbocycles. The summed E-state index contributed by atoms with van der Waals surface area (Å²) >= 11 is 0. The number of hydrogen-bond donors (Lipinski definition) is 2. The van der Waals surface area contributed by atoms with Gasteiger partial charge < -0.3 is 10.8 Å². The van der Waals surface area contributed by atoms with E-state index in [-0.39, 0.29) is 0 Å². The number of aliphatic hydroxyl groups is 1. The molecule has 0 amide bonds. The van der Waals surface area contributed by atoms with Gasteiger partial charge in [-0.05, 0) is 19.1 Å². The molecule has 0 aliphatic rings. The van der Waals surface area contributed by atoms with Crippen LogP contribution < -0.4 is 5.73 Å². The van der Waals surface area contributed by atoms with Gasteiger partial charge in [0, 0.05) is 42.0 Å². The molecule has 0 aliphatic heterocycles. The van der Waals surface area contributed by atoms with Crippen molar-refractivity contribution in [1.29, 1.82) is 0 Å². The van der Waals surface area contributed by atoms with Crippen LogP contribution in [0.15, 0.2) is 49.1 Å². The van der Waals surface area contributed by atoms with Crippen molar-refractivity contribution in [2.45, 2.75) is 18.6 Å². The Morgan fingerprint density at radius 1 is 1.12 bits per heavy atom. The van der Waals surface area contributed by atoms with E-state index in [1.807, 2.05) is 12.1 Å². The minimum absolute atomic E-state index is 0.462. The minimum atomic E-state index is -1.26. The average Bonchev–Trinajstić information content (AvgIpc) is 2.39. The highest BCUT2D eigenvalue weighted by molar-refractivity contribution is 5.34. The fraction of sp³-hybridized carbons (Fsp3) is 0.231. The second kappa shape index (κ2) is 4.61. The van der Waals surface area contributed by atoms with Gasteiger partial charge in [-0.1, -0.05) is 12.1 Å². The molecular formula is C13H15N3O. The molecule has 4 nitrogen and oxygen atoms in total. The number of nitrogens with two attached hydrogens (primary N) is 1. The third kappa shape index (κ3) is 2.05. The lowest BCUT2D eigenvalue weighted by Crippen LogP contribution is -2.44. The molecule has 2 aromatic rings. The van der Waals surface area contributed by atoms with E-state index in [1.54, 1.807) is 43.8 Å². The summed E-state index contributed by atoms with van der Waals surface area (Å²) in [5.41, 5.74) is 6.01. The third-order valence-electron chi connectivity index (χ3n) is 2.86. The highest BCUT2D eigenvalue weighted by Gasteiger charge is 2.36. The molecule has 2 aromatic heterocycles. The van der Waals surface area contributed by atoms with Crippen molar-refractivity contribution < 1.29 is 5.11 Å². The number of nitrogens with zero attached hydrogens (tertiary/aromatic N) is 2. The number of hydrogen-bond acceptors (Lipinski definition) is 4. The second-order valence-electron chi connectivity index (χ2n) is 4.04. The van der Waals surface area contributed by atoms with E-state index in [2.05, 4.69) is 9.97 Å². The zero-order valence-electron chi connectivity index (χ0n) is 9.62. The van der Waals surface area contributed by atoms with Crippen LogP contribution in [0.25, 0.3) is 0 Å². The van der Waals surface area contributed by atoms with Gasteiger partial charge in [0.2, 0.25) is 0 Å². The van der Waals surface area contributed by atoms with Crippen molar-refractivity contribution in [2.75, 3.05) is 0 Å². The van der Waals surface area contributed by atoms with Crippen molar-refractivity contribution >= 4 is 0 Å². The van der Waals surface area contributed by atoms with E-state index < -0.39 is 11.6 Å². The van der Waals surface area contributed by atoms with Crippen LogP contribution in [0.1, 0.15) is 18.1 Å².